The average Bonchev–Trinajstić information content (AvgIpc) is 2.53. The first kappa shape index (κ1) is 15.9. The zero-order chi connectivity index (χ0) is 15.1. The van der Waals surface area contributed by atoms with E-state index in [0.717, 1.165) is 10.6 Å². The molecule has 0 aliphatic heterocycles. The summed E-state index contributed by atoms with van der Waals surface area (Å²) in [6, 6.07) is 16.1. The maximum atomic E-state index is 12.1. The zero-order valence-electron chi connectivity index (χ0n) is 11.7. The highest BCUT2D eigenvalue weighted by molar-refractivity contribution is 7.98. The molecule has 0 saturated heterocycles. The van der Waals surface area contributed by atoms with E-state index in [1.165, 1.54) is 0 Å². The van der Waals surface area contributed by atoms with Gasteiger partial charge in [0.25, 0.3) is 0 Å². The van der Waals surface area contributed by atoms with Gasteiger partial charge in [0, 0.05) is 11.4 Å². The summed E-state index contributed by atoms with van der Waals surface area (Å²) >= 11 is 1.57. The smallest absolute Gasteiger partial charge is 0.240 e. The van der Waals surface area contributed by atoms with Gasteiger partial charge in [-0.2, -0.15) is 0 Å². The fourth-order valence-corrected chi connectivity index (χ4v) is 3.12. The lowest BCUT2D eigenvalue weighted by atomic mass is 10.3. The van der Waals surface area contributed by atoms with Gasteiger partial charge in [-0.25, -0.2) is 13.1 Å². The van der Waals surface area contributed by atoms with Crippen LogP contribution < -0.4 is 9.46 Å². The van der Waals surface area contributed by atoms with Crippen LogP contribution >= 0.6 is 11.8 Å². The van der Waals surface area contributed by atoms with Crippen LogP contribution in [0.2, 0.25) is 0 Å². The van der Waals surface area contributed by atoms with Crippen molar-refractivity contribution in [2.75, 3.05) is 19.4 Å². The van der Waals surface area contributed by atoms with E-state index in [9.17, 15) is 8.42 Å². The average molecular weight is 323 g/mol. The number of hydrogen-bond donors (Lipinski definition) is 1. The van der Waals surface area contributed by atoms with E-state index >= 15 is 0 Å². The normalized spacial score (nSPS) is 11.3. The van der Waals surface area contributed by atoms with Crippen molar-refractivity contribution in [2.45, 2.75) is 9.79 Å². The van der Waals surface area contributed by atoms with Gasteiger partial charge in [0.2, 0.25) is 10.0 Å². The first-order valence-electron chi connectivity index (χ1n) is 6.43. The molecule has 0 saturated carbocycles. The molecule has 2 aromatic carbocycles. The van der Waals surface area contributed by atoms with Crippen molar-refractivity contribution in [1.29, 1.82) is 0 Å². The van der Waals surface area contributed by atoms with Crippen LogP contribution in [0.25, 0.3) is 0 Å². The molecule has 0 amide bonds. The van der Waals surface area contributed by atoms with Crippen molar-refractivity contribution in [3.8, 4) is 5.75 Å². The Morgan fingerprint density at radius 1 is 1.05 bits per heavy atom. The minimum atomic E-state index is -3.48. The molecule has 0 aliphatic rings. The molecule has 0 aliphatic carbocycles. The van der Waals surface area contributed by atoms with Crippen LogP contribution in [-0.4, -0.2) is 27.8 Å². The van der Waals surface area contributed by atoms with Crippen molar-refractivity contribution in [3.05, 3.63) is 54.6 Å². The number of hydrogen-bond acceptors (Lipinski definition) is 4. The molecule has 0 fully saturated rings. The van der Waals surface area contributed by atoms with E-state index in [-0.39, 0.29) is 18.0 Å². The molecule has 6 heteroatoms. The van der Waals surface area contributed by atoms with Crippen LogP contribution in [0.15, 0.2) is 64.4 Å². The summed E-state index contributed by atoms with van der Waals surface area (Å²) in [5.41, 5.74) is 0. The first-order chi connectivity index (χ1) is 10.1. The van der Waals surface area contributed by atoms with Gasteiger partial charge in [-0.1, -0.05) is 18.2 Å². The molecule has 0 unspecified atom stereocenters. The van der Waals surface area contributed by atoms with Gasteiger partial charge >= 0.3 is 0 Å². The lowest BCUT2D eigenvalue weighted by Gasteiger charge is -2.08. The van der Waals surface area contributed by atoms with E-state index in [2.05, 4.69) is 4.72 Å². The van der Waals surface area contributed by atoms with Crippen molar-refractivity contribution in [2.24, 2.45) is 0 Å². The Hall–Kier alpha value is -1.50. The Morgan fingerprint density at radius 3 is 2.33 bits per heavy atom. The van der Waals surface area contributed by atoms with Crippen LogP contribution in [0.5, 0.6) is 5.75 Å². The van der Waals surface area contributed by atoms with Gasteiger partial charge in [0.05, 0.1) is 4.90 Å². The number of rotatable bonds is 7. The Bertz CT molecular complexity index is 655. The number of ether oxygens (including phenoxy) is 1. The second-order valence-electron chi connectivity index (χ2n) is 4.23. The Kier molecular flexibility index (Phi) is 5.67. The molecule has 4 nitrogen and oxygen atoms in total. The molecular formula is C15H17NO3S2. The van der Waals surface area contributed by atoms with E-state index < -0.39 is 10.0 Å². The standard InChI is InChI=1S/C15H17NO3S2/c1-20-14-7-9-15(10-8-14)21(17,18)16-11-12-19-13-5-3-2-4-6-13/h2-10,16H,11-12H2,1H3. The number of benzene rings is 2. The van der Waals surface area contributed by atoms with Crippen LogP contribution in [0, 0.1) is 0 Å². The van der Waals surface area contributed by atoms with E-state index in [0.29, 0.717) is 0 Å². The lowest BCUT2D eigenvalue weighted by molar-refractivity contribution is 0.323. The fourth-order valence-electron chi connectivity index (χ4n) is 1.70. The van der Waals surface area contributed by atoms with Gasteiger partial charge in [0.1, 0.15) is 12.4 Å². The molecule has 0 aromatic heterocycles. The highest BCUT2D eigenvalue weighted by Crippen LogP contribution is 2.17. The SMILES string of the molecule is CSc1ccc(S(=O)(=O)NCCOc2ccccc2)cc1. The summed E-state index contributed by atoms with van der Waals surface area (Å²) < 4.78 is 32.1. The van der Waals surface area contributed by atoms with Crippen LogP contribution in [0.3, 0.4) is 0 Å². The van der Waals surface area contributed by atoms with Gasteiger partial charge in [-0.15, -0.1) is 11.8 Å². The summed E-state index contributed by atoms with van der Waals surface area (Å²) in [5, 5.41) is 0. The molecule has 2 rings (SSSR count). The van der Waals surface area contributed by atoms with Gasteiger partial charge in [-0.05, 0) is 42.7 Å². The van der Waals surface area contributed by atoms with Crippen molar-refractivity contribution < 1.29 is 13.2 Å². The minimum Gasteiger partial charge on any atom is -0.492 e. The molecule has 0 spiro atoms. The van der Waals surface area contributed by atoms with Crippen molar-refractivity contribution >= 4 is 21.8 Å². The molecule has 0 atom stereocenters. The van der Waals surface area contributed by atoms with Gasteiger partial charge in [-0.3, -0.25) is 0 Å². The Morgan fingerprint density at radius 2 is 1.71 bits per heavy atom. The summed E-state index contributed by atoms with van der Waals surface area (Å²) in [4.78, 5) is 1.29. The second kappa shape index (κ2) is 7.49. The van der Waals surface area contributed by atoms with Crippen molar-refractivity contribution in [3.63, 3.8) is 0 Å². The van der Waals surface area contributed by atoms with Crippen LogP contribution in [-0.2, 0) is 10.0 Å². The molecular weight excluding hydrogens is 306 g/mol. The number of thioether (sulfide) groups is 1. The second-order valence-corrected chi connectivity index (χ2v) is 6.88. The van der Waals surface area contributed by atoms with Gasteiger partial charge in [0.15, 0.2) is 0 Å². The maximum absolute atomic E-state index is 12.1. The largest absolute Gasteiger partial charge is 0.492 e. The molecule has 2 aromatic rings. The predicted molar refractivity (Wildman–Crippen MR) is 85.3 cm³/mol. The third kappa shape index (κ3) is 4.77. The third-order valence-corrected chi connectivity index (χ3v) is 5.00. The molecule has 0 radical (unpaired) electrons. The third-order valence-electron chi connectivity index (χ3n) is 2.78. The van der Waals surface area contributed by atoms with E-state index in [4.69, 9.17) is 4.74 Å². The quantitative estimate of drug-likeness (QED) is 0.629. The van der Waals surface area contributed by atoms with E-state index in [1.807, 2.05) is 36.6 Å². The van der Waals surface area contributed by atoms with E-state index in [1.54, 1.807) is 36.0 Å². The van der Waals surface area contributed by atoms with Crippen LogP contribution in [0.1, 0.15) is 0 Å². The molecule has 0 heterocycles. The predicted octanol–water partition coefficient (Wildman–Crippen LogP) is 2.77. The maximum Gasteiger partial charge on any atom is 0.240 e. The summed E-state index contributed by atoms with van der Waals surface area (Å²) in [5.74, 6) is 0.723. The number of nitrogens with one attached hydrogen (secondary N) is 1. The topological polar surface area (TPSA) is 55.4 Å². The Labute approximate surface area is 129 Å². The molecule has 0 bridgehead atoms. The Balaban J connectivity index is 1.86. The highest BCUT2D eigenvalue weighted by atomic mass is 32.2. The molecule has 1 N–H and O–H groups in total. The fraction of sp³-hybridized carbons (Fsp3) is 0.200. The summed E-state index contributed by atoms with van der Waals surface area (Å²) in [6.07, 6.45) is 1.95. The van der Waals surface area contributed by atoms with Crippen molar-refractivity contribution in [1.82, 2.24) is 4.72 Å². The zero-order valence-corrected chi connectivity index (χ0v) is 13.3. The van der Waals surface area contributed by atoms with Crippen LogP contribution in [0.4, 0.5) is 0 Å². The number of sulfonamides is 1. The molecule has 112 valence electrons. The van der Waals surface area contributed by atoms with Gasteiger partial charge < -0.3 is 4.74 Å². The summed E-state index contributed by atoms with van der Waals surface area (Å²) in [7, 11) is -3.48. The first-order valence-corrected chi connectivity index (χ1v) is 9.14. The molecule has 21 heavy (non-hydrogen) atoms. The lowest BCUT2D eigenvalue weighted by Crippen LogP contribution is -2.28. The summed E-state index contributed by atoms with van der Waals surface area (Å²) in [6.45, 7) is 0.508. The minimum absolute atomic E-state index is 0.224. The number of para-hydroxylation sites is 1. The monoisotopic (exact) mass is 323 g/mol. The highest BCUT2D eigenvalue weighted by Gasteiger charge is 2.12.